The van der Waals surface area contributed by atoms with Crippen LogP contribution in [0, 0.1) is 0 Å². The Morgan fingerprint density at radius 2 is 1.71 bits per heavy atom. The predicted octanol–water partition coefficient (Wildman–Crippen LogP) is 3.01. The van der Waals surface area contributed by atoms with Crippen LogP contribution in [0.5, 0.6) is 0 Å². The van der Waals surface area contributed by atoms with Gasteiger partial charge in [0.1, 0.15) is 0 Å². The Hall–Kier alpha value is -1.80. The lowest BCUT2D eigenvalue weighted by Gasteiger charge is -2.36. The standard InChI is InChI=1S/C19H21Cl2N3O3S/c20-15-4-3-5-16(14-15)28(26,27)22-9-8-19(25)24-12-10-23(11-13-24)18-7-2-1-6-17(18)21/h1-7,14,22H,8-13H2. The fourth-order valence-corrected chi connectivity index (χ4v) is 4.66. The van der Waals surface area contributed by atoms with Crippen LogP contribution < -0.4 is 9.62 Å². The molecule has 1 fully saturated rings. The SMILES string of the molecule is O=C(CCNS(=O)(=O)c1cccc(Cl)c1)N1CCN(c2ccccc2Cl)CC1. The largest absolute Gasteiger partial charge is 0.367 e. The third kappa shape index (κ3) is 5.17. The molecule has 0 bridgehead atoms. The van der Waals surface area contributed by atoms with Gasteiger partial charge in [0.15, 0.2) is 0 Å². The summed E-state index contributed by atoms with van der Waals surface area (Å²) in [6.45, 7) is 2.56. The van der Waals surface area contributed by atoms with Crippen molar-refractivity contribution in [3.8, 4) is 0 Å². The zero-order valence-electron chi connectivity index (χ0n) is 15.1. The van der Waals surface area contributed by atoms with Crippen LogP contribution in [0.15, 0.2) is 53.4 Å². The maximum atomic E-state index is 12.4. The van der Waals surface area contributed by atoms with Crippen molar-refractivity contribution in [3.63, 3.8) is 0 Å². The van der Waals surface area contributed by atoms with Crippen LogP contribution in [0.1, 0.15) is 6.42 Å². The first-order valence-corrected chi connectivity index (χ1v) is 11.1. The van der Waals surface area contributed by atoms with Crippen LogP contribution >= 0.6 is 23.2 Å². The number of benzene rings is 2. The van der Waals surface area contributed by atoms with E-state index in [9.17, 15) is 13.2 Å². The van der Waals surface area contributed by atoms with Gasteiger partial charge in [-0.1, -0.05) is 41.4 Å². The van der Waals surface area contributed by atoms with Crippen molar-refractivity contribution in [2.24, 2.45) is 0 Å². The molecule has 0 atom stereocenters. The van der Waals surface area contributed by atoms with Gasteiger partial charge >= 0.3 is 0 Å². The van der Waals surface area contributed by atoms with E-state index < -0.39 is 10.0 Å². The topological polar surface area (TPSA) is 69.7 Å². The van der Waals surface area contributed by atoms with E-state index in [-0.39, 0.29) is 23.8 Å². The fraction of sp³-hybridized carbons (Fsp3) is 0.316. The number of piperazine rings is 1. The van der Waals surface area contributed by atoms with Crippen molar-refractivity contribution in [2.45, 2.75) is 11.3 Å². The molecule has 0 aromatic heterocycles. The summed E-state index contributed by atoms with van der Waals surface area (Å²) >= 11 is 12.1. The molecule has 1 aliphatic rings. The second kappa shape index (κ2) is 9.13. The molecule has 0 unspecified atom stereocenters. The molecule has 1 saturated heterocycles. The summed E-state index contributed by atoms with van der Waals surface area (Å²) in [6.07, 6.45) is 0.103. The second-order valence-corrected chi connectivity index (χ2v) is 9.03. The van der Waals surface area contributed by atoms with Crippen molar-refractivity contribution in [2.75, 3.05) is 37.6 Å². The Kier molecular flexibility index (Phi) is 6.82. The average Bonchev–Trinajstić information content (AvgIpc) is 2.68. The number of anilines is 1. The number of nitrogens with one attached hydrogen (secondary N) is 1. The van der Waals surface area contributed by atoms with Crippen LogP contribution in [0.4, 0.5) is 5.69 Å². The minimum absolute atomic E-state index is 0.0401. The van der Waals surface area contributed by atoms with Crippen LogP contribution in [-0.4, -0.2) is 51.9 Å². The number of carbonyl (C=O) groups excluding carboxylic acids is 1. The molecule has 2 aromatic carbocycles. The molecular formula is C19H21Cl2N3O3S. The van der Waals surface area contributed by atoms with Crippen LogP contribution in [-0.2, 0) is 14.8 Å². The van der Waals surface area contributed by atoms with Gasteiger partial charge in [0, 0.05) is 44.2 Å². The molecular weight excluding hydrogens is 421 g/mol. The van der Waals surface area contributed by atoms with Gasteiger partial charge in [-0.3, -0.25) is 4.79 Å². The van der Waals surface area contributed by atoms with Gasteiger partial charge < -0.3 is 9.80 Å². The fourth-order valence-electron chi connectivity index (χ4n) is 3.07. The molecule has 1 aliphatic heterocycles. The van der Waals surface area contributed by atoms with E-state index in [0.29, 0.717) is 36.2 Å². The van der Waals surface area contributed by atoms with E-state index in [1.54, 1.807) is 17.0 Å². The summed E-state index contributed by atoms with van der Waals surface area (Å²) in [7, 11) is -3.69. The van der Waals surface area contributed by atoms with Gasteiger partial charge in [-0.25, -0.2) is 13.1 Å². The Morgan fingerprint density at radius 1 is 1.00 bits per heavy atom. The van der Waals surface area contributed by atoms with Crippen molar-refractivity contribution in [1.82, 2.24) is 9.62 Å². The third-order valence-corrected chi connectivity index (χ3v) is 6.58. The first-order valence-electron chi connectivity index (χ1n) is 8.89. The molecule has 0 spiro atoms. The zero-order valence-corrected chi connectivity index (χ0v) is 17.5. The van der Waals surface area contributed by atoms with Crippen molar-refractivity contribution >= 4 is 44.8 Å². The number of amides is 1. The van der Waals surface area contributed by atoms with Crippen molar-refractivity contribution < 1.29 is 13.2 Å². The third-order valence-electron chi connectivity index (χ3n) is 4.56. The Bertz CT molecular complexity index is 945. The minimum Gasteiger partial charge on any atom is -0.367 e. The number of sulfonamides is 1. The maximum absolute atomic E-state index is 12.4. The lowest BCUT2D eigenvalue weighted by Crippen LogP contribution is -2.49. The average molecular weight is 442 g/mol. The summed E-state index contributed by atoms with van der Waals surface area (Å²) in [6, 6.07) is 13.6. The van der Waals surface area contributed by atoms with Gasteiger partial charge in [-0.2, -0.15) is 0 Å². The molecule has 0 radical (unpaired) electrons. The smallest absolute Gasteiger partial charge is 0.240 e. The van der Waals surface area contributed by atoms with E-state index in [1.165, 1.54) is 12.1 Å². The van der Waals surface area contributed by atoms with Crippen LogP contribution in [0.2, 0.25) is 10.0 Å². The summed E-state index contributed by atoms with van der Waals surface area (Å²) in [4.78, 5) is 16.4. The Morgan fingerprint density at radius 3 is 2.39 bits per heavy atom. The lowest BCUT2D eigenvalue weighted by molar-refractivity contribution is -0.131. The van der Waals surface area contributed by atoms with Gasteiger partial charge in [-0.05, 0) is 30.3 Å². The molecule has 0 aliphatic carbocycles. The van der Waals surface area contributed by atoms with E-state index in [0.717, 1.165) is 5.69 Å². The van der Waals surface area contributed by atoms with Crippen LogP contribution in [0.3, 0.4) is 0 Å². The molecule has 1 heterocycles. The monoisotopic (exact) mass is 441 g/mol. The van der Waals surface area contributed by atoms with E-state index >= 15 is 0 Å². The number of para-hydroxylation sites is 1. The first-order chi connectivity index (χ1) is 13.4. The molecule has 1 amide bonds. The molecule has 28 heavy (non-hydrogen) atoms. The highest BCUT2D eigenvalue weighted by Gasteiger charge is 2.22. The van der Waals surface area contributed by atoms with Gasteiger partial charge in [0.05, 0.1) is 15.6 Å². The number of hydrogen-bond acceptors (Lipinski definition) is 4. The highest BCUT2D eigenvalue weighted by Crippen LogP contribution is 2.26. The minimum atomic E-state index is -3.69. The summed E-state index contributed by atoms with van der Waals surface area (Å²) in [5.74, 6) is -0.0763. The Labute approximate surface area is 175 Å². The predicted molar refractivity (Wildman–Crippen MR) is 112 cm³/mol. The molecule has 3 rings (SSSR count). The van der Waals surface area contributed by atoms with Crippen molar-refractivity contribution in [1.29, 1.82) is 0 Å². The molecule has 2 aromatic rings. The second-order valence-electron chi connectivity index (χ2n) is 6.42. The van der Waals surface area contributed by atoms with Gasteiger partial charge in [0.2, 0.25) is 15.9 Å². The molecule has 1 N–H and O–H groups in total. The van der Waals surface area contributed by atoms with E-state index in [1.807, 2.05) is 24.3 Å². The molecule has 6 nitrogen and oxygen atoms in total. The summed E-state index contributed by atoms with van der Waals surface area (Å²) in [5, 5.41) is 1.04. The van der Waals surface area contributed by atoms with Gasteiger partial charge in [-0.15, -0.1) is 0 Å². The summed E-state index contributed by atoms with van der Waals surface area (Å²) in [5.41, 5.74) is 0.963. The highest BCUT2D eigenvalue weighted by atomic mass is 35.5. The number of hydrogen-bond donors (Lipinski definition) is 1. The first kappa shape index (κ1) is 20.9. The highest BCUT2D eigenvalue weighted by molar-refractivity contribution is 7.89. The molecule has 9 heteroatoms. The van der Waals surface area contributed by atoms with Crippen LogP contribution in [0.25, 0.3) is 0 Å². The maximum Gasteiger partial charge on any atom is 0.240 e. The molecule has 0 saturated carbocycles. The van der Waals surface area contributed by atoms with Gasteiger partial charge in [0.25, 0.3) is 0 Å². The Balaban J connectivity index is 1.48. The summed E-state index contributed by atoms with van der Waals surface area (Å²) < 4.78 is 27.0. The number of nitrogens with zero attached hydrogens (tertiary/aromatic N) is 2. The van der Waals surface area contributed by atoms with Crippen molar-refractivity contribution in [3.05, 3.63) is 58.6 Å². The molecule has 150 valence electrons. The zero-order chi connectivity index (χ0) is 20.1. The quantitative estimate of drug-likeness (QED) is 0.747. The number of halogens is 2. The van der Waals surface area contributed by atoms with E-state index in [2.05, 4.69) is 9.62 Å². The number of rotatable bonds is 6. The lowest BCUT2D eigenvalue weighted by atomic mass is 10.2. The normalized spacial score (nSPS) is 14.9. The number of carbonyl (C=O) groups is 1. The van der Waals surface area contributed by atoms with E-state index in [4.69, 9.17) is 23.2 Å².